The SMILES string of the molecule is CCC(C)(C(N)c1cnn(C)c1)N(C)C. The lowest BCUT2D eigenvalue weighted by Gasteiger charge is -2.40. The average molecular weight is 210 g/mol. The third-order valence-electron chi connectivity index (χ3n) is 3.49. The zero-order valence-corrected chi connectivity index (χ0v) is 10.4. The van der Waals surface area contributed by atoms with E-state index >= 15 is 0 Å². The summed E-state index contributed by atoms with van der Waals surface area (Å²) in [6, 6.07) is -0.00815. The molecule has 1 aromatic heterocycles. The second kappa shape index (κ2) is 4.33. The number of aryl methyl sites for hydroxylation is 1. The Morgan fingerprint density at radius 3 is 2.53 bits per heavy atom. The summed E-state index contributed by atoms with van der Waals surface area (Å²) in [5.74, 6) is 0. The van der Waals surface area contributed by atoms with E-state index in [-0.39, 0.29) is 11.6 Å². The summed E-state index contributed by atoms with van der Waals surface area (Å²) >= 11 is 0. The minimum atomic E-state index is -0.0248. The Labute approximate surface area is 92.1 Å². The predicted octanol–water partition coefficient (Wildman–Crippen LogP) is 1.15. The summed E-state index contributed by atoms with van der Waals surface area (Å²) in [5.41, 5.74) is 7.37. The van der Waals surface area contributed by atoms with Crippen LogP contribution in [0.2, 0.25) is 0 Å². The fraction of sp³-hybridized carbons (Fsp3) is 0.727. The molecule has 0 aliphatic heterocycles. The Kier molecular flexibility index (Phi) is 3.52. The zero-order chi connectivity index (χ0) is 11.6. The van der Waals surface area contributed by atoms with Crippen molar-refractivity contribution in [2.75, 3.05) is 14.1 Å². The molecule has 0 radical (unpaired) electrons. The van der Waals surface area contributed by atoms with Crippen LogP contribution in [0, 0.1) is 0 Å². The van der Waals surface area contributed by atoms with Gasteiger partial charge in [0.25, 0.3) is 0 Å². The summed E-state index contributed by atoms with van der Waals surface area (Å²) in [4.78, 5) is 2.19. The monoisotopic (exact) mass is 210 g/mol. The van der Waals surface area contributed by atoms with Gasteiger partial charge in [-0.25, -0.2) is 0 Å². The van der Waals surface area contributed by atoms with Crippen LogP contribution >= 0.6 is 0 Å². The first-order valence-electron chi connectivity index (χ1n) is 5.33. The van der Waals surface area contributed by atoms with Crippen LogP contribution < -0.4 is 5.73 Å². The van der Waals surface area contributed by atoms with Crippen LogP contribution in [-0.2, 0) is 7.05 Å². The molecule has 2 N–H and O–H groups in total. The molecule has 1 aromatic rings. The summed E-state index contributed by atoms with van der Waals surface area (Å²) < 4.78 is 1.79. The molecule has 0 saturated heterocycles. The molecule has 2 unspecified atom stereocenters. The molecule has 0 saturated carbocycles. The van der Waals surface area contributed by atoms with E-state index in [9.17, 15) is 0 Å². The van der Waals surface area contributed by atoms with E-state index < -0.39 is 0 Å². The van der Waals surface area contributed by atoms with Gasteiger partial charge in [-0.15, -0.1) is 0 Å². The van der Waals surface area contributed by atoms with E-state index in [1.165, 1.54) is 0 Å². The normalized spacial score (nSPS) is 17.8. The zero-order valence-electron chi connectivity index (χ0n) is 10.4. The molecule has 15 heavy (non-hydrogen) atoms. The summed E-state index contributed by atoms with van der Waals surface area (Å²) in [5, 5.41) is 4.16. The predicted molar refractivity (Wildman–Crippen MR) is 62.5 cm³/mol. The molecular weight excluding hydrogens is 188 g/mol. The van der Waals surface area contributed by atoms with Gasteiger partial charge in [0.15, 0.2) is 0 Å². The van der Waals surface area contributed by atoms with Crippen molar-refractivity contribution in [3.8, 4) is 0 Å². The highest BCUT2D eigenvalue weighted by Crippen LogP contribution is 2.30. The van der Waals surface area contributed by atoms with Gasteiger partial charge in [0.05, 0.1) is 12.2 Å². The van der Waals surface area contributed by atoms with Gasteiger partial charge in [-0.1, -0.05) is 6.92 Å². The molecule has 2 atom stereocenters. The maximum atomic E-state index is 6.30. The molecule has 0 aliphatic rings. The highest BCUT2D eigenvalue weighted by molar-refractivity contribution is 5.16. The van der Waals surface area contributed by atoms with Gasteiger partial charge in [0, 0.05) is 24.3 Å². The number of likely N-dealkylation sites (N-methyl/N-ethyl adjacent to an activating group) is 1. The fourth-order valence-electron chi connectivity index (χ4n) is 1.77. The van der Waals surface area contributed by atoms with Crippen LogP contribution in [0.1, 0.15) is 31.9 Å². The third kappa shape index (κ3) is 2.21. The lowest BCUT2D eigenvalue weighted by Crippen LogP contribution is -2.49. The largest absolute Gasteiger partial charge is 0.322 e. The average Bonchev–Trinajstić information content (AvgIpc) is 2.62. The highest BCUT2D eigenvalue weighted by Gasteiger charge is 2.33. The van der Waals surface area contributed by atoms with E-state index in [1.807, 2.05) is 19.4 Å². The van der Waals surface area contributed by atoms with Crippen LogP contribution in [0.15, 0.2) is 12.4 Å². The van der Waals surface area contributed by atoms with Gasteiger partial charge < -0.3 is 10.6 Å². The lowest BCUT2D eigenvalue weighted by molar-refractivity contribution is 0.132. The fourth-order valence-corrected chi connectivity index (χ4v) is 1.77. The smallest absolute Gasteiger partial charge is 0.0538 e. The maximum Gasteiger partial charge on any atom is 0.0538 e. The Bertz CT molecular complexity index is 318. The Morgan fingerprint density at radius 2 is 2.20 bits per heavy atom. The van der Waals surface area contributed by atoms with E-state index in [1.54, 1.807) is 4.68 Å². The van der Waals surface area contributed by atoms with Crippen molar-refractivity contribution in [1.82, 2.24) is 14.7 Å². The van der Waals surface area contributed by atoms with Crippen molar-refractivity contribution < 1.29 is 0 Å². The van der Waals surface area contributed by atoms with Crippen molar-refractivity contribution in [2.24, 2.45) is 12.8 Å². The van der Waals surface area contributed by atoms with E-state index in [0.717, 1.165) is 12.0 Å². The van der Waals surface area contributed by atoms with Crippen LogP contribution in [0.5, 0.6) is 0 Å². The quantitative estimate of drug-likeness (QED) is 0.811. The van der Waals surface area contributed by atoms with Crippen LogP contribution in [-0.4, -0.2) is 34.3 Å². The number of rotatable bonds is 4. The van der Waals surface area contributed by atoms with Gasteiger partial charge in [-0.05, 0) is 27.4 Å². The molecule has 4 heteroatoms. The van der Waals surface area contributed by atoms with Gasteiger partial charge in [0.2, 0.25) is 0 Å². The first-order chi connectivity index (χ1) is 6.91. The maximum absolute atomic E-state index is 6.30. The van der Waals surface area contributed by atoms with Crippen LogP contribution in [0.25, 0.3) is 0 Å². The van der Waals surface area contributed by atoms with Crippen LogP contribution in [0.4, 0.5) is 0 Å². The second-order valence-corrected chi connectivity index (χ2v) is 4.53. The first-order valence-corrected chi connectivity index (χ1v) is 5.33. The second-order valence-electron chi connectivity index (χ2n) is 4.53. The summed E-state index contributed by atoms with van der Waals surface area (Å²) in [6.45, 7) is 4.35. The Balaban J connectivity index is 2.96. The minimum absolute atomic E-state index is 0.00815. The number of hydrogen-bond donors (Lipinski definition) is 1. The minimum Gasteiger partial charge on any atom is -0.322 e. The standard InChI is InChI=1S/C11H22N4/c1-6-11(2,14(3)4)10(12)9-7-13-15(5)8-9/h7-8,10H,6,12H2,1-5H3. The van der Waals surface area contributed by atoms with Crippen molar-refractivity contribution in [2.45, 2.75) is 31.8 Å². The van der Waals surface area contributed by atoms with Crippen molar-refractivity contribution in [1.29, 1.82) is 0 Å². The van der Waals surface area contributed by atoms with Gasteiger partial charge in [-0.3, -0.25) is 4.68 Å². The van der Waals surface area contributed by atoms with E-state index in [4.69, 9.17) is 5.73 Å². The van der Waals surface area contributed by atoms with Gasteiger partial charge >= 0.3 is 0 Å². The summed E-state index contributed by atoms with van der Waals surface area (Å²) in [7, 11) is 6.05. The van der Waals surface area contributed by atoms with Gasteiger partial charge in [-0.2, -0.15) is 5.10 Å². The molecule has 0 aliphatic carbocycles. The molecule has 4 nitrogen and oxygen atoms in total. The molecule has 0 aromatic carbocycles. The first kappa shape index (κ1) is 12.2. The highest BCUT2D eigenvalue weighted by atomic mass is 15.2. The number of nitrogens with two attached hydrogens (primary N) is 1. The van der Waals surface area contributed by atoms with E-state index in [0.29, 0.717) is 0 Å². The topological polar surface area (TPSA) is 47.1 Å². The van der Waals surface area contributed by atoms with Gasteiger partial charge in [0.1, 0.15) is 0 Å². The van der Waals surface area contributed by atoms with Crippen molar-refractivity contribution in [3.05, 3.63) is 18.0 Å². The lowest BCUT2D eigenvalue weighted by atomic mass is 9.85. The molecular formula is C11H22N4. The molecule has 0 fully saturated rings. The van der Waals surface area contributed by atoms with Crippen LogP contribution in [0.3, 0.4) is 0 Å². The molecule has 1 heterocycles. The molecule has 86 valence electrons. The van der Waals surface area contributed by atoms with E-state index in [2.05, 4.69) is 37.9 Å². The number of hydrogen-bond acceptors (Lipinski definition) is 3. The third-order valence-corrected chi connectivity index (χ3v) is 3.49. The van der Waals surface area contributed by atoms with Crippen molar-refractivity contribution >= 4 is 0 Å². The summed E-state index contributed by atoms with van der Waals surface area (Å²) in [6.07, 6.45) is 4.85. The number of nitrogens with zero attached hydrogens (tertiary/aromatic N) is 3. The molecule has 0 amide bonds. The molecule has 1 rings (SSSR count). The molecule has 0 bridgehead atoms. The number of aromatic nitrogens is 2. The Hall–Kier alpha value is -0.870. The Morgan fingerprint density at radius 1 is 1.60 bits per heavy atom. The van der Waals surface area contributed by atoms with Crippen molar-refractivity contribution in [3.63, 3.8) is 0 Å². The molecule has 0 spiro atoms.